The van der Waals surface area contributed by atoms with Gasteiger partial charge in [0, 0.05) is 0 Å². The van der Waals surface area contributed by atoms with E-state index in [-0.39, 0.29) is 12.4 Å². The van der Waals surface area contributed by atoms with Crippen molar-refractivity contribution < 1.29 is 14.3 Å². The quantitative estimate of drug-likeness (QED) is 0.577. The Bertz CT molecular complexity index is 524. The maximum absolute atomic E-state index is 11.7. The van der Waals surface area contributed by atoms with Crippen molar-refractivity contribution in [3.8, 4) is 5.75 Å². The van der Waals surface area contributed by atoms with Gasteiger partial charge in [-0.1, -0.05) is 29.8 Å². The number of halogens is 1. The molecule has 0 aliphatic rings. The average Bonchev–Trinajstić information content (AvgIpc) is 2.86. The Kier molecular flexibility index (Phi) is 5.39. The molecule has 0 aliphatic heterocycles. The van der Waals surface area contributed by atoms with Crippen LogP contribution in [-0.4, -0.2) is 25.6 Å². The van der Waals surface area contributed by atoms with E-state index in [4.69, 9.17) is 21.1 Å². The van der Waals surface area contributed by atoms with E-state index in [1.807, 2.05) is 30.3 Å². The van der Waals surface area contributed by atoms with Crippen LogP contribution in [0.15, 0.2) is 42.5 Å². The molecule has 0 atom stereocenters. The van der Waals surface area contributed by atoms with E-state index in [1.165, 1.54) is 11.3 Å². The molecule has 0 radical (unpaired) electrons. The van der Waals surface area contributed by atoms with Gasteiger partial charge in [-0.2, -0.15) is 0 Å². The van der Waals surface area contributed by atoms with Gasteiger partial charge in [-0.05, 0) is 24.3 Å². The molecular formula is C14H13ClO3S. The number of benzene rings is 1. The molecule has 0 aliphatic carbocycles. The second kappa shape index (κ2) is 7.28. The van der Waals surface area contributed by atoms with E-state index in [1.54, 1.807) is 12.1 Å². The molecule has 100 valence electrons. The van der Waals surface area contributed by atoms with Gasteiger partial charge in [0.2, 0.25) is 0 Å². The molecule has 0 saturated heterocycles. The molecule has 1 aromatic heterocycles. The van der Waals surface area contributed by atoms with Gasteiger partial charge in [-0.25, -0.2) is 0 Å². The van der Waals surface area contributed by atoms with E-state index in [9.17, 15) is 4.79 Å². The van der Waals surface area contributed by atoms with Gasteiger partial charge in [-0.15, -0.1) is 11.3 Å². The summed E-state index contributed by atoms with van der Waals surface area (Å²) in [5.74, 6) is 0.735. The smallest absolute Gasteiger partial charge is 0.198 e. The van der Waals surface area contributed by atoms with Crippen molar-refractivity contribution in [3.05, 3.63) is 51.7 Å². The number of rotatable bonds is 7. The minimum absolute atomic E-state index is 0.0506. The molecule has 0 fully saturated rings. The van der Waals surface area contributed by atoms with Crippen LogP contribution in [0, 0.1) is 0 Å². The third kappa shape index (κ3) is 4.67. The predicted molar refractivity (Wildman–Crippen MR) is 76.4 cm³/mol. The van der Waals surface area contributed by atoms with Crippen LogP contribution in [0.1, 0.15) is 9.67 Å². The summed E-state index contributed by atoms with van der Waals surface area (Å²) in [5, 5.41) is 0. The monoisotopic (exact) mass is 296 g/mol. The number of carbonyl (C=O) groups is 1. The molecule has 0 amide bonds. The fraction of sp³-hybridized carbons (Fsp3) is 0.214. The van der Waals surface area contributed by atoms with Gasteiger partial charge in [-0.3, -0.25) is 4.79 Å². The summed E-state index contributed by atoms with van der Waals surface area (Å²) >= 11 is 7.02. The third-order valence-electron chi connectivity index (χ3n) is 2.32. The molecule has 0 bridgehead atoms. The highest BCUT2D eigenvalue weighted by molar-refractivity contribution is 7.18. The van der Waals surface area contributed by atoms with Crippen LogP contribution in [0.5, 0.6) is 5.75 Å². The normalized spacial score (nSPS) is 10.4. The van der Waals surface area contributed by atoms with Crippen LogP contribution in [0.3, 0.4) is 0 Å². The topological polar surface area (TPSA) is 35.5 Å². The Morgan fingerprint density at radius 1 is 1.11 bits per heavy atom. The maximum atomic E-state index is 11.7. The maximum Gasteiger partial charge on any atom is 0.198 e. The van der Waals surface area contributed by atoms with Crippen LogP contribution in [0.25, 0.3) is 0 Å². The Balaban J connectivity index is 1.63. The van der Waals surface area contributed by atoms with Crippen molar-refractivity contribution in [3.63, 3.8) is 0 Å². The third-order valence-corrected chi connectivity index (χ3v) is 3.59. The highest BCUT2D eigenvalue weighted by Crippen LogP contribution is 2.21. The summed E-state index contributed by atoms with van der Waals surface area (Å²) in [6.45, 7) is 0.844. The first-order valence-electron chi connectivity index (χ1n) is 5.80. The summed E-state index contributed by atoms with van der Waals surface area (Å²) in [6.07, 6.45) is 0. The molecule has 2 rings (SSSR count). The van der Waals surface area contributed by atoms with Gasteiger partial charge in [0.25, 0.3) is 0 Å². The molecule has 0 unspecified atom stereocenters. The van der Waals surface area contributed by atoms with E-state index in [0.717, 1.165) is 5.75 Å². The van der Waals surface area contributed by atoms with Gasteiger partial charge in [0.1, 0.15) is 19.0 Å². The lowest BCUT2D eigenvalue weighted by molar-refractivity contribution is 0.0692. The average molecular weight is 297 g/mol. The van der Waals surface area contributed by atoms with E-state index < -0.39 is 0 Å². The molecule has 2 aromatic rings. The minimum Gasteiger partial charge on any atom is -0.491 e. The highest BCUT2D eigenvalue weighted by Gasteiger charge is 2.08. The molecule has 0 N–H and O–H groups in total. The zero-order valence-corrected chi connectivity index (χ0v) is 11.7. The Hall–Kier alpha value is -1.36. The summed E-state index contributed by atoms with van der Waals surface area (Å²) < 4.78 is 11.3. The second-order valence-corrected chi connectivity index (χ2v) is 5.46. The number of hydrogen-bond donors (Lipinski definition) is 0. The molecule has 1 aromatic carbocycles. The van der Waals surface area contributed by atoms with Crippen LogP contribution in [-0.2, 0) is 4.74 Å². The summed E-state index contributed by atoms with van der Waals surface area (Å²) in [4.78, 5) is 12.3. The molecule has 5 heteroatoms. The lowest BCUT2D eigenvalue weighted by Crippen LogP contribution is -2.12. The van der Waals surface area contributed by atoms with Crippen molar-refractivity contribution >= 4 is 28.7 Å². The molecule has 0 saturated carbocycles. The zero-order chi connectivity index (χ0) is 13.5. The number of carbonyl (C=O) groups excluding carboxylic acids is 1. The minimum atomic E-state index is -0.0587. The van der Waals surface area contributed by atoms with Crippen molar-refractivity contribution in [1.82, 2.24) is 0 Å². The number of thiophene rings is 1. The lowest BCUT2D eigenvalue weighted by atomic mass is 10.3. The van der Waals surface area contributed by atoms with Gasteiger partial charge >= 0.3 is 0 Å². The standard InChI is InChI=1S/C14H13ClO3S/c15-14-7-6-13(19-14)12(16)10-17-8-9-18-11-4-2-1-3-5-11/h1-7H,8-10H2. The van der Waals surface area contributed by atoms with Crippen LogP contribution >= 0.6 is 22.9 Å². The van der Waals surface area contributed by atoms with E-state index >= 15 is 0 Å². The van der Waals surface area contributed by atoms with E-state index in [0.29, 0.717) is 22.4 Å². The first kappa shape index (κ1) is 14.1. The first-order chi connectivity index (χ1) is 9.25. The largest absolute Gasteiger partial charge is 0.491 e. The first-order valence-corrected chi connectivity index (χ1v) is 6.99. The Morgan fingerprint density at radius 2 is 1.89 bits per heavy atom. The van der Waals surface area contributed by atoms with Crippen molar-refractivity contribution in [2.75, 3.05) is 19.8 Å². The zero-order valence-electron chi connectivity index (χ0n) is 10.2. The lowest BCUT2D eigenvalue weighted by Gasteiger charge is -2.06. The SMILES string of the molecule is O=C(COCCOc1ccccc1)c1ccc(Cl)s1. The number of hydrogen-bond acceptors (Lipinski definition) is 4. The Morgan fingerprint density at radius 3 is 2.58 bits per heavy atom. The molecule has 1 heterocycles. The number of Topliss-reactive ketones (excluding diaryl/α,β-unsaturated/α-hetero) is 1. The molecular weight excluding hydrogens is 284 g/mol. The molecule has 19 heavy (non-hydrogen) atoms. The number of ether oxygens (including phenoxy) is 2. The molecule has 3 nitrogen and oxygen atoms in total. The van der Waals surface area contributed by atoms with Crippen molar-refractivity contribution in [2.24, 2.45) is 0 Å². The summed E-state index contributed by atoms with van der Waals surface area (Å²) in [6, 6.07) is 12.9. The van der Waals surface area contributed by atoms with Crippen molar-refractivity contribution in [1.29, 1.82) is 0 Å². The number of para-hydroxylation sites is 1. The highest BCUT2D eigenvalue weighted by atomic mass is 35.5. The summed E-state index contributed by atoms with van der Waals surface area (Å²) in [7, 11) is 0. The fourth-order valence-corrected chi connectivity index (χ4v) is 2.40. The fourth-order valence-electron chi connectivity index (χ4n) is 1.44. The summed E-state index contributed by atoms with van der Waals surface area (Å²) in [5.41, 5.74) is 0. The van der Waals surface area contributed by atoms with E-state index in [2.05, 4.69) is 0 Å². The molecule has 0 spiro atoms. The van der Waals surface area contributed by atoms with Gasteiger partial charge in [0.15, 0.2) is 5.78 Å². The van der Waals surface area contributed by atoms with Gasteiger partial charge in [0.05, 0.1) is 15.8 Å². The second-order valence-electron chi connectivity index (χ2n) is 3.74. The van der Waals surface area contributed by atoms with Crippen LogP contribution in [0.2, 0.25) is 4.34 Å². The Labute approximate surface area is 120 Å². The number of ketones is 1. The van der Waals surface area contributed by atoms with Crippen molar-refractivity contribution in [2.45, 2.75) is 0 Å². The van der Waals surface area contributed by atoms with Crippen LogP contribution < -0.4 is 4.74 Å². The van der Waals surface area contributed by atoms with Gasteiger partial charge < -0.3 is 9.47 Å². The van der Waals surface area contributed by atoms with Crippen LogP contribution in [0.4, 0.5) is 0 Å². The predicted octanol–water partition coefficient (Wildman–Crippen LogP) is 3.68.